The van der Waals surface area contributed by atoms with Crippen LogP contribution in [-0.2, 0) is 0 Å². The Morgan fingerprint density at radius 2 is 2.05 bits per heavy atom. The average Bonchev–Trinajstić information content (AvgIpc) is 2.69. The van der Waals surface area contributed by atoms with E-state index in [0.29, 0.717) is 12.1 Å². The Hall–Kier alpha value is -1.06. The largest absolute Gasteiger partial charge is 0.497 e. The predicted molar refractivity (Wildman–Crippen MR) is 82.3 cm³/mol. The molecular weight excluding hydrogens is 250 g/mol. The van der Waals surface area contributed by atoms with Crippen LogP contribution in [0.5, 0.6) is 5.75 Å². The molecule has 3 nitrogen and oxygen atoms in total. The van der Waals surface area contributed by atoms with Crippen molar-refractivity contribution in [3.8, 4) is 5.75 Å². The highest BCUT2D eigenvalue weighted by Gasteiger charge is 2.38. The van der Waals surface area contributed by atoms with Crippen molar-refractivity contribution >= 4 is 0 Å². The van der Waals surface area contributed by atoms with Gasteiger partial charge in [-0.1, -0.05) is 31.3 Å². The van der Waals surface area contributed by atoms with Gasteiger partial charge in [-0.15, -0.1) is 0 Å². The number of aliphatic hydroxyl groups is 1. The molecule has 1 atom stereocenters. The molecule has 20 heavy (non-hydrogen) atoms. The fourth-order valence-electron chi connectivity index (χ4n) is 1.73. The molecule has 1 aromatic carbocycles. The lowest BCUT2D eigenvalue weighted by molar-refractivity contribution is -0.0277. The molecule has 0 spiro atoms. The van der Waals surface area contributed by atoms with E-state index >= 15 is 0 Å². The van der Waals surface area contributed by atoms with Crippen LogP contribution in [0.1, 0.15) is 72.1 Å². The van der Waals surface area contributed by atoms with E-state index in [1.807, 2.05) is 0 Å². The maximum Gasteiger partial charge on any atom is 0.118 e. The maximum absolute atomic E-state index is 12.0. The third-order valence-electron chi connectivity index (χ3n) is 2.64. The fraction of sp³-hybridized carbons (Fsp3) is 0.647. The van der Waals surface area contributed by atoms with E-state index in [4.69, 9.17) is 28.8 Å². The summed E-state index contributed by atoms with van der Waals surface area (Å²) < 4.78 is 172. The van der Waals surface area contributed by atoms with Gasteiger partial charge >= 0.3 is 0 Å². The second-order valence-electron chi connectivity index (χ2n) is 3.96. The summed E-state index contributed by atoms with van der Waals surface area (Å²) in [6.45, 7) is -11.9. The second kappa shape index (κ2) is 6.59. The van der Waals surface area contributed by atoms with E-state index < -0.39 is 87.1 Å². The summed E-state index contributed by atoms with van der Waals surface area (Å²) >= 11 is 0. The molecule has 0 bridgehead atoms. The van der Waals surface area contributed by atoms with Crippen LogP contribution < -0.4 is 4.74 Å². The van der Waals surface area contributed by atoms with Gasteiger partial charge in [0.2, 0.25) is 0 Å². The van der Waals surface area contributed by atoms with Crippen molar-refractivity contribution in [2.75, 3.05) is 27.5 Å². The predicted octanol–water partition coefficient (Wildman–Crippen LogP) is 3.04. The molecule has 1 aliphatic rings. The first-order valence-corrected chi connectivity index (χ1v) is 5.49. The zero-order valence-corrected chi connectivity index (χ0v) is 10.2. The molecule has 1 unspecified atom stereocenters. The number of likely N-dealkylation sites (N-methyl/N-ethyl adjacent to an activating group) is 1. The molecule has 0 radical (unpaired) electrons. The topological polar surface area (TPSA) is 32.7 Å². The molecule has 0 heterocycles. The van der Waals surface area contributed by atoms with Crippen LogP contribution in [0.15, 0.2) is 24.3 Å². The number of ether oxygens (including phenoxy) is 1. The number of rotatable bonds is 5. The van der Waals surface area contributed by atoms with Gasteiger partial charge in [0.25, 0.3) is 0 Å². The SMILES string of the molecule is [2H]C([2H])([2H])Oc1ccc(C(C([2H])([2H])N(C([2H])([2H])[2H])C([2H])([2H])[2H])C2(O)C([2H])([2H])C([2H])([2H])C([2H])([2H])C([2H])([2H])C2([2H])[2H])cc1. The molecule has 0 aliphatic heterocycles. The Kier molecular flexibility index (Phi) is 1.20. The van der Waals surface area contributed by atoms with Crippen LogP contribution in [0.25, 0.3) is 0 Å². The van der Waals surface area contributed by atoms with Crippen LogP contribution in [0.3, 0.4) is 0 Å². The van der Waals surface area contributed by atoms with E-state index in [9.17, 15) is 5.11 Å². The Bertz CT molecular complexity index is 1070. The van der Waals surface area contributed by atoms with Crippen molar-refractivity contribution in [2.24, 2.45) is 0 Å². The Labute approximate surface area is 152 Å². The molecular formula is C17H27NO2. The van der Waals surface area contributed by atoms with Gasteiger partial charge in [0, 0.05) is 37.1 Å². The molecule has 0 aromatic heterocycles. The number of methoxy groups -OCH3 is 1. The molecule has 0 saturated heterocycles. The van der Waals surface area contributed by atoms with Crippen molar-refractivity contribution in [3.63, 3.8) is 0 Å². The number of hydrogen-bond donors (Lipinski definition) is 1. The van der Waals surface area contributed by atoms with E-state index in [0.717, 1.165) is 12.1 Å². The second-order valence-corrected chi connectivity index (χ2v) is 3.96. The van der Waals surface area contributed by atoms with Crippen molar-refractivity contribution in [2.45, 2.75) is 43.4 Å². The smallest absolute Gasteiger partial charge is 0.118 e. The molecule has 2 rings (SSSR count). The molecule has 1 N–H and O–H groups in total. The summed E-state index contributed by atoms with van der Waals surface area (Å²) in [5.74, 6) is -3.58. The van der Waals surface area contributed by atoms with E-state index in [-0.39, 0.29) is 0 Å². The Morgan fingerprint density at radius 3 is 2.65 bits per heavy atom. The number of hydrogen-bond acceptors (Lipinski definition) is 3. The Morgan fingerprint density at radius 1 is 1.35 bits per heavy atom. The highest BCUT2D eigenvalue weighted by atomic mass is 16.5. The molecule has 1 aromatic rings. The summed E-state index contributed by atoms with van der Waals surface area (Å²) in [4.78, 5) is -0.775. The van der Waals surface area contributed by atoms with E-state index in [1.165, 1.54) is 0 Å². The first kappa shape index (κ1) is 3.64. The Balaban J connectivity index is 3.14. The first-order valence-electron chi connectivity index (χ1n) is 16.0. The minimum atomic E-state index is -4.40. The lowest BCUT2D eigenvalue weighted by Gasteiger charge is -2.40. The van der Waals surface area contributed by atoms with Crippen LogP contribution in [0.4, 0.5) is 0 Å². The van der Waals surface area contributed by atoms with Crippen molar-refractivity contribution in [1.29, 1.82) is 0 Å². The molecule has 112 valence electrons. The van der Waals surface area contributed by atoms with Gasteiger partial charge in [-0.2, -0.15) is 0 Å². The fourth-order valence-corrected chi connectivity index (χ4v) is 1.73. The van der Waals surface area contributed by atoms with Crippen LogP contribution in [0.2, 0.25) is 0 Å². The van der Waals surface area contributed by atoms with Gasteiger partial charge in [-0.3, -0.25) is 0 Å². The summed E-state index contributed by atoms with van der Waals surface area (Å²) in [5, 5.41) is 12.0. The minimum absolute atomic E-state index is 0.444. The molecule has 3 heteroatoms. The first-order chi connectivity index (χ1) is 17.7. The van der Waals surface area contributed by atoms with Gasteiger partial charge in [0.15, 0.2) is 0 Å². The van der Waals surface area contributed by atoms with Gasteiger partial charge < -0.3 is 14.7 Å². The normalized spacial score (nSPS) is 50.6. The summed E-state index contributed by atoms with van der Waals surface area (Å²) in [6.07, 6.45) is -21.0. The van der Waals surface area contributed by atoms with Gasteiger partial charge in [0.1, 0.15) is 5.75 Å². The summed E-state index contributed by atoms with van der Waals surface area (Å²) in [7, 11) is -3.01. The zero-order valence-electron chi connectivity index (χ0n) is 31.2. The highest BCUT2D eigenvalue weighted by Crippen LogP contribution is 2.40. The third-order valence-corrected chi connectivity index (χ3v) is 2.64. The van der Waals surface area contributed by atoms with E-state index in [2.05, 4.69) is 4.74 Å². The van der Waals surface area contributed by atoms with Gasteiger partial charge in [-0.05, 0) is 44.4 Å². The number of benzene rings is 1. The molecule has 1 aliphatic carbocycles. The van der Waals surface area contributed by atoms with Crippen LogP contribution in [0, 0.1) is 0 Å². The van der Waals surface area contributed by atoms with Crippen molar-refractivity contribution < 1.29 is 38.6 Å². The monoisotopic (exact) mass is 298 g/mol. The van der Waals surface area contributed by atoms with Crippen molar-refractivity contribution in [3.05, 3.63) is 29.8 Å². The zero-order chi connectivity index (χ0) is 32.8. The lowest BCUT2D eigenvalue weighted by atomic mass is 9.72. The number of nitrogens with zero attached hydrogens (tertiary/aromatic N) is 1. The van der Waals surface area contributed by atoms with Gasteiger partial charge in [0.05, 0.1) is 16.8 Å². The minimum Gasteiger partial charge on any atom is -0.497 e. The molecule has 1 fully saturated rings. The maximum atomic E-state index is 12.0. The standard InChI is InChI=1S/C17H27NO2/c1-18(2)13-16(17(19)11-5-4-6-12-17)14-7-9-15(20-3)10-8-14/h7-10,16,19H,4-6,11-13H2,1-3H3/i1D3,2D3,3D3,4D2,5D2,6D2,11D2,12D2,13D2. The summed E-state index contributed by atoms with van der Waals surface area (Å²) in [5.41, 5.74) is -5.24. The molecule has 1 saturated carbocycles. The van der Waals surface area contributed by atoms with Crippen LogP contribution >= 0.6 is 0 Å². The highest BCUT2D eigenvalue weighted by molar-refractivity contribution is 5.31. The van der Waals surface area contributed by atoms with E-state index in [1.54, 1.807) is 0 Å². The van der Waals surface area contributed by atoms with Crippen molar-refractivity contribution in [1.82, 2.24) is 4.90 Å². The van der Waals surface area contributed by atoms with Gasteiger partial charge in [-0.25, -0.2) is 0 Å². The quantitative estimate of drug-likeness (QED) is 0.907. The average molecular weight is 299 g/mol. The molecule has 0 amide bonds. The summed E-state index contributed by atoms with van der Waals surface area (Å²) in [6, 6.07) is 2.97. The third kappa shape index (κ3) is 3.53. The van der Waals surface area contributed by atoms with Crippen LogP contribution in [-0.4, -0.2) is 43.1 Å². The lowest BCUT2D eigenvalue weighted by Crippen LogP contribution is -2.42.